The Morgan fingerprint density at radius 3 is 2.53 bits per heavy atom. The number of nitrogens with two attached hydrogens (primary N) is 1. The summed E-state index contributed by atoms with van der Waals surface area (Å²) < 4.78 is 0. The molecule has 1 rings (SSSR count). The van der Waals surface area contributed by atoms with E-state index in [2.05, 4.69) is 0 Å². The van der Waals surface area contributed by atoms with Gasteiger partial charge in [0.25, 0.3) is 0 Å². The molecule has 0 aromatic heterocycles. The van der Waals surface area contributed by atoms with Crippen molar-refractivity contribution in [3.63, 3.8) is 0 Å². The number of hydrogen-bond acceptors (Lipinski definition) is 2. The lowest BCUT2D eigenvalue weighted by atomic mass is 10.1. The Hall–Kier alpha value is 0.110. The molecule has 0 bridgehead atoms. The zero-order valence-corrected chi connectivity index (χ0v) is 11.2. The first-order chi connectivity index (χ1) is 6.88. The average molecular weight is 264 g/mol. The molecular formula is C11H15Cl2NS. The Balaban J connectivity index is 2.51. The van der Waals surface area contributed by atoms with Crippen LogP contribution in [0.25, 0.3) is 0 Å². The molecule has 1 aromatic rings. The van der Waals surface area contributed by atoms with E-state index in [0.717, 1.165) is 22.1 Å². The van der Waals surface area contributed by atoms with Crippen LogP contribution in [0.15, 0.2) is 18.2 Å². The first-order valence-corrected chi connectivity index (χ1v) is 6.60. The molecule has 0 heterocycles. The highest BCUT2D eigenvalue weighted by Crippen LogP contribution is 2.25. The SMILES string of the molecule is CC(C)(N)CSCc1ccc(Cl)cc1Cl. The van der Waals surface area contributed by atoms with Crippen LogP contribution < -0.4 is 5.73 Å². The molecule has 0 unspecified atom stereocenters. The third-order valence-corrected chi connectivity index (χ3v) is 3.80. The van der Waals surface area contributed by atoms with Gasteiger partial charge in [0.2, 0.25) is 0 Å². The molecule has 0 saturated carbocycles. The fraction of sp³-hybridized carbons (Fsp3) is 0.455. The number of rotatable bonds is 4. The maximum atomic E-state index is 6.05. The summed E-state index contributed by atoms with van der Waals surface area (Å²) in [6.45, 7) is 4.03. The minimum atomic E-state index is -0.135. The van der Waals surface area contributed by atoms with Crippen LogP contribution in [0.1, 0.15) is 19.4 Å². The lowest BCUT2D eigenvalue weighted by Crippen LogP contribution is -2.34. The van der Waals surface area contributed by atoms with Gasteiger partial charge in [0.1, 0.15) is 0 Å². The number of benzene rings is 1. The zero-order valence-electron chi connectivity index (χ0n) is 8.89. The van der Waals surface area contributed by atoms with E-state index in [1.54, 1.807) is 17.8 Å². The second-order valence-electron chi connectivity index (χ2n) is 4.22. The molecule has 4 heteroatoms. The summed E-state index contributed by atoms with van der Waals surface area (Å²) in [7, 11) is 0. The van der Waals surface area contributed by atoms with Crippen molar-refractivity contribution in [3.05, 3.63) is 33.8 Å². The lowest BCUT2D eigenvalue weighted by Gasteiger charge is -2.17. The second kappa shape index (κ2) is 5.44. The van der Waals surface area contributed by atoms with Crippen LogP contribution in [0, 0.1) is 0 Å². The number of hydrogen-bond donors (Lipinski definition) is 1. The minimum absolute atomic E-state index is 0.135. The van der Waals surface area contributed by atoms with Crippen molar-refractivity contribution in [1.82, 2.24) is 0 Å². The third-order valence-electron chi connectivity index (χ3n) is 1.75. The summed E-state index contributed by atoms with van der Waals surface area (Å²) >= 11 is 13.6. The van der Waals surface area contributed by atoms with Crippen LogP contribution in [0.2, 0.25) is 10.0 Å². The molecule has 0 aliphatic rings. The fourth-order valence-corrected chi connectivity index (χ4v) is 2.72. The third kappa shape index (κ3) is 5.12. The van der Waals surface area contributed by atoms with E-state index in [-0.39, 0.29) is 5.54 Å². The van der Waals surface area contributed by atoms with Crippen LogP contribution in [0.5, 0.6) is 0 Å². The molecule has 0 amide bonds. The van der Waals surface area contributed by atoms with Gasteiger partial charge in [-0.25, -0.2) is 0 Å². The van der Waals surface area contributed by atoms with Gasteiger partial charge < -0.3 is 5.73 Å². The average Bonchev–Trinajstić information content (AvgIpc) is 2.07. The molecule has 0 aliphatic carbocycles. The van der Waals surface area contributed by atoms with Crippen LogP contribution in [-0.2, 0) is 5.75 Å². The minimum Gasteiger partial charge on any atom is -0.325 e. The van der Waals surface area contributed by atoms with Crippen LogP contribution in [0.3, 0.4) is 0 Å². The highest BCUT2D eigenvalue weighted by Gasteiger charge is 2.10. The molecule has 84 valence electrons. The Labute approximate surface area is 105 Å². The zero-order chi connectivity index (χ0) is 11.5. The maximum absolute atomic E-state index is 6.05. The molecule has 0 fully saturated rings. The van der Waals surface area contributed by atoms with Crippen molar-refractivity contribution in [1.29, 1.82) is 0 Å². The summed E-state index contributed by atoms with van der Waals surface area (Å²) in [4.78, 5) is 0. The summed E-state index contributed by atoms with van der Waals surface area (Å²) in [6, 6.07) is 5.59. The lowest BCUT2D eigenvalue weighted by molar-refractivity contribution is 0.591. The monoisotopic (exact) mass is 263 g/mol. The number of halogens is 2. The predicted molar refractivity (Wildman–Crippen MR) is 70.9 cm³/mol. The molecule has 0 spiro atoms. The van der Waals surface area contributed by atoms with Crippen molar-refractivity contribution in [2.24, 2.45) is 5.73 Å². The van der Waals surface area contributed by atoms with Crippen molar-refractivity contribution in [3.8, 4) is 0 Å². The van der Waals surface area contributed by atoms with Gasteiger partial charge in [0.15, 0.2) is 0 Å². The Kier molecular flexibility index (Phi) is 4.78. The largest absolute Gasteiger partial charge is 0.325 e. The molecular weight excluding hydrogens is 249 g/mol. The van der Waals surface area contributed by atoms with Gasteiger partial charge in [0.05, 0.1) is 0 Å². The normalized spacial score (nSPS) is 11.8. The fourth-order valence-electron chi connectivity index (χ4n) is 1.06. The van der Waals surface area contributed by atoms with Crippen molar-refractivity contribution in [2.75, 3.05) is 5.75 Å². The van der Waals surface area contributed by atoms with Gasteiger partial charge in [-0.15, -0.1) is 0 Å². The van der Waals surface area contributed by atoms with Crippen LogP contribution in [0.4, 0.5) is 0 Å². The van der Waals surface area contributed by atoms with Crippen LogP contribution >= 0.6 is 35.0 Å². The van der Waals surface area contributed by atoms with E-state index in [0.29, 0.717) is 5.02 Å². The molecule has 0 atom stereocenters. The van der Waals surface area contributed by atoms with E-state index in [9.17, 15) is 0 Å². The van der Waals surface area contributed by atoms with Crippen LogP contribution in [-0.4, -0.2) is 11.3 Å². The molecule has 0 saturated heterocycles. The van der Waals surface area contributed by atoms with Gasteiger partial charge in [-0.1, -0.05) is 29.3 Å². The standard InChI is InChI=1S/C11H15Cl2NS/c1-11(2,14)7-15-6-8-3-4-9(12)5-10(8)13/h3-5H,6-7,14H2,1-2H3. The van der Waals surface area contributed by atoms with Gasteiger partial charge in [-0.3, -0.25) is 0 Å². The van der Waals surface area contributed by atoms with Gasteiger partial charge >= 0.3 is 0 Å². The highest BCUT2D eigenvalue weighted by atomic mass is 35.5. The molecule has 2 N–H and O–H groups in total. The quantitative estimate of drug-likeness (QED) is 0.890. The first kappa shape index (κ1) is 13.2. The number of thioether (sulfide) groups is 1. The summed E-state index contributed by atoms with van der Waals surface area (Å²) in [5.74, 6) is 1.78. The maximum Gasteiger partial charge on any atom is 0.0461 e. The van der Waals surface area contributed by atoms with Gasteiger partial charge in [0, 0.05) is 27.1 Å². The van der Waals surface area contributed by atoms with Crippen molar-refractivity contribution in [2.45, 2.75) is 25.1 Å². The molecule has 0 aliphatic heterocycles. The second-order valence-corrected chi connectivity index (χ2v) is 6.05. The van der Waals surface area contributed by atoms with Gasteiger partial charge in [-0.2, -0.15) is 11.8 Å². The van der Waals surface area contributed by atoms with Crippen molar-refractivity contribution >= 4 is 35.0 Å². The van der Waals surface area contributed by atoms with Gasteiger partial charge in [-0.05, 0) is 31.5 Å². The topological polar surface area (TPSA) is 26.0 Å². The molecule has 15 heavy (non-hydrogen) atoms. The molecule has 0 radical (unpaired) electrons. The van der Waals surface area contributed by atoms with E-state index < -0.39 is 0 Å². The van der Waals surface area contributed by atoms with E-state index >= 15 is 0 Å². The van der Waals surface area contributed by atoms with Crippen molar-refractivity contribution < 1.29 is 0 Å². The van der Waals surface area contributed by atoms with E-state index in [1.165, 1.54) is 0 Å². The first-order valence-electron chi connectivity index (χ1n) is 4.69. The highest BCUT2D eigenvalue weighted by molar-refractivity contribution is 7.98. The summed E-state index contributed by atoms with van der Waals surface area (Å²) in [6.07, 6.45) is 0. The Morgan fingerprint density at radius 1 is 1.33 bits per heavy atom. The summed E-state index contributed by atoms with van der Waals surface area (Å²) in [5, 5.41) is 1.40. The predicted octanol–water partition coefficient (Wildman–Crippen LogP) is 3.96. The molecule has 1 aromatic carbocycles. The Morgan fingerprint density at radius 2 is 2.00 bits per heavy atom. The Bertz CT molecular complexity index is 334. The summed E-state index contributed by atoms with van der Waals surface area (Å²) in [5.41, 5.74) is 6.86. The van der Waals surface area contributed by atoms with E-state index in [1.807, 2.05) is 26.0 Å². The molecule has 1 nitrogen and oxygen atoms in total. The van der Waals surface area contributed by atoms with E-state index in [4.69, 9.17) is 28.9 Å². The smallest absolute Gasteiger partial charge is 0.0461 e.